The third kappa shape index (κ3) is 3.17. The number of rotatable bonds is 7. The molecule has 0 saturated heterocycles. The molecule has 19 heavy (non-hydrogen) atoms. The number of hydrogen-bond acceptors (Lipinski definition) is 4. The van der Waals surface area contributed by atoms with Gasteiger partial charge < -0.3 is 10.2 Å². The molecule has 0 unspecified atom stereocenters. The van der Waals surface area contributed by atoms with E-state index in [1.54, 1.807) is 0 Å². The molecule has 1 heterocycles. The molecule has 4 heteroatoms. The molecule has 1 aromatic heterocycles. The van der Waals surface area contributed by atoms with Crippen molar-refractivity contribution in [1.29, 1.82) is 0 Å². The lowest BCUT2D eigenvalue weighted by Crippen LogP contribution is -2.28. The molecule has 0 aromatic carbocycles. The Hall–Kier alpha value is -1.32. The molecule has 1 N–H and O–H groups in total. The maximum Gasteiger partial charge on any atom is 0.137 e. The molecule has 1 aliphatic rings. The standard InChI is InChI=1S/C15H26N4/c1-5-10-16-14-11(4)15(18-13(6-2)17-14)19(7-3)12-8-9-12/h12H,5-10H2,1-4H3,(H,16,17,18). The summed E-state index contributed by atoms with van der Waals surface area (Å²) in [6.07, 6.45) is 4.60. The Labute approximate surface area is 116 Å². The zero-order valence-electron chi connectivity index (χ0n) is 12.7. The predicted molar refractivity (Wildman–Crippen MR) is 81.0 cm³/mol. The van der Waals surface area contributed by atoms with Gasteiger partial charge in [0.1, 0.15) is 17.5 Å². The molecule has 4 nitrogen and oxygen atoms in total. The van der Waals surface area contributed by atoms with Gasteiger partial charge in [-0.1, -0.05) is 13.8 Å². The normalized spacial score (nSPS) is 14.5. The molecule has 0 aliphatic heterocycles. The molecule has 1 saturated carbocycles. The summed E-state index contributed by atoms with van der Waals surface area (Å²) in [7, 11) is 0. The van der Waals surface area contributed by atoms with Gasteiger partial charge in [-0.2, -0.15) is 0 Å². The minimum absolute atomic E-state index is 0.697. The number of nitrogens with zero attached hydrogens (tertiary/aromatic N) is 3. The van der Waals surface area contributed by atoms with Crippen LogP contribution in [-0.4, -0.2) is 29.1 Å². The van der Waals surface area contributed by atoms with Crippen LogP contribution in [0.5, 0.6) is 0 Å². The van der Waals surface area contributed by atoms with E-state index in [9.17, 15) is 0 Å². The fourth-order valence-corrected chi connectivity index (χ4v) is 2.37. The second-order valence-corrected chi connectivity index (χ2v) is 5.23. The summed E-state index contributed by atoms with van der Waals surface area (Å²) >= 11 is 0. The zero-order chi connectivity index (χ0) is 13.8. The predicted octanol–water partition coefficient (Wildman–Crippen LogP) is 3.16. The summed E-state index contributed by atoms with van der Waals surface area (Å²) in [5.41, 5.74) is 1.19. The van der Waals surface area contributed by atoms with E-state index in [4.69, 9.17) is 4.98 Å². The molecule has 0 spiro atoms. The van der Waals surface area contributed by atoms with Crippen molar-refractivity contribution in [3.8, 4) is 0 Å². The molecular weight excluding hydrogens is 236 g/mol. The largest absolute Gasteiger partial charge is 0.370 e. The summed E-state index contributed by atoms with van der Waals surface area (Å²) in [6.45, 7) is 10.6. The SMILES string of the molecule is CCCNc1nc(CC)nc(N(CC)C2CC2)c1C. The second kappa shape index (κ2) is 6.22. The molecule has 0 atom stereocenters. The van der Waals surface area contributed by atoms with Crippen molar-refractivity contribution in [3.63, 3.8) is 0 Å². The number of nitrogens with one attached hydrogen (secondary N) is 1. The van der Waals surface area contributed by atoms with Gasteiger partial charge in [-0.25, -0.2) is 9.97 Å². The lowest BCUT2D eigenvalue weighted by atomic mass is 10.2. The van der Waals surface area contributed by atoms with Crippen LogP contribution in [0.15, 0.2) is 0 Å². The first-order valence-corrected chi connectivity index (χ1v) is 7.59. The highest BCUT2D eigenvalue weighted by Gasteiger charge is 2.30. The van der Waals surface area contributed by atoms with Crippen LogP contribution in [0.2, 0.25) is 0 Å². The van der Waals surface area contributed by atoms with Gasteiger partial charge in [0.2, 0.25) is 0 Å². The third-order valence-electron chi connectivity index (χ3n) is 3.63. The van der Waals surface area contributed by atoms with Crippen LogP contribution in [-0.2, 0) is 6.42 Å². The van der Waals surface area contributed by atoms with Gasteiger partial charge in [0.05, 0.1) is 0 Å². The molecular formula is C15H26N4. The minimum Gasteiger partial charge on any atom is -0.370 e. The third-order valence-corrected chi connectivity index (χ3v) is 3.63. The monoisotopic (exact) mass is 262 g/mol. The van der Waals surface area contributed by atoms with E-state index in [2.05, 4.69) is 42.9 Å². The van der Waals surface area contributed by atoms with Gasteiger partial charge in [0, 0.05) is 31.1 Å². The molecule has 1 fully saturated rings. The van der Waals surface area contributed by atoms with Gasteiger partial charge in [0.25, 0.3) is 0 Å². The average Bonchev–Trinajstić information content (AvgIpc) is 3.24. The molecule has 0 radical (unpaired) electrons. The molecule has 106 valence electrons. The first-order chi connectivity index (χ1) is 9.21. The van der Waals surface area contributed by atoms with Crippen molar-refractivity contribution in [2.24, 2.45) is 0 Å². The van der Waals surface area contributed by atoms with Gasteiger partial charge in [-0.05, 0) is 33.1 Å². The summed E-state index contributed by atoms with van der Waals surface area (Å²) < 4.78 is 0. The van der Waals surface area contributed by atoms with Crippen molar-refractivity contribution in [2.45, 2.75) is 59.4 Å². The van der Waals surface area contributed by atoms with Gasteiger partial charge in [-0.15, -0.1) is 0 Å². The average molecular weight is 262 g/mol. The van der Waals surface area contributed by atoms with Crippen molar-refractivity contribution in [2.75, 3.05) is 23.3 Å². The van der Waals surface area contributed by atoms with Gasteiger partial charge in [-0.3, -0.25) is 0 Å². The van der Waals surface area contributed by atoms with E-state index in [0.29, 0.717) is 6.04 Å². The summed E-state index contributed by atoms with van der Waals surface area (Å²) in [5.74, 6) is 3.09. The van der Waals surface area contributed by atoms with Crippen molar-refractivity contribution >= 4 is 11.6 Å². The first-order valence-electron chi connectivity index (χ1n) is 7.59. The molecule has 0 bridgehead atoms. The lowest BCUT2D eigenvalue weighted by molar-refractivity contribution is 0.785. The van der Waals surface area contributed by atoms with Crippen LogP contribution in [0, 0.1) is 6.92 Å². The molecule has 2 rings (SSSR count). The quantitative estimate of drug-likeness (QED) is 0.819. The summed E-state index contributed by atoms with van der Waals surface area (Å²) in [4.78, 5) is 11.8. The number of hydrogen-bond donors (Lipinski definition) is 1. The Bertz CT molecular complexity index is 426. The Balaban J connectivity index is 2.34. The Morgan fingerprint density at radius 3 is 2.47 bits per heavy atom. The van der Waals surface area contributed by atoms with E-state index in [1.807, 2.05) is 0 Å². The maximum atomic E-state index is 4.77. The smallest absolute Gasteiger partial charge is 0.137 e. The molecule has 0 amide bonds. The van der Waals surface area contributed by atoms with E-state index in [0.717, 1.165) is 43.4 Å². The van der Waals surface area contributed by atoms with Crippen LogP contribution < -0.4 is 10.2 Å². The second-order valence-electron chi connectivity index (χ2n) is 5.23. The molecule has 1 aromatic rings. The highest BCUT2D eigenvalue weighted by molar-refractivity contribution is 5.59. The number of anilines is 2. The maximum absolute atomic E-state index is 4.77. The number of aryl methyl sites for hydroxylation is 1. The van der Waals surface area contributed by atoms with Crippen LogP contribution in [0.1, 0.15) is 51.4 Å². The van der Waals surface area contributed by atoms with Crippen molar-refractivity contribution in [3.05, 3.63) is 11.4 Å². The highest BCUT2D eigenvalue weighted by Crippen LogP contribution is 2.33. The van der Waals surface area contributed by atoms with E-state index >= 15 is 0 Å². The molecule has 1 aliphatic carbocycles. The minimum atomic E-state index is 0.697. The van der Waals surface area contributed by atoms with Crippen LogP contribution >= 0.6 is 0 Å². The first kappa shape index (κ1) is 14.1. The summed E-state index contributed by atoms with van der Waals surface area (Å²) in [6, 6.07) is 0.697. The lowest BCUT2D eigenvalue weighted by Gasteiger charge is -2.25. The topological polar surface area (TPSA) is 41.1 Å². The van der Waals surface area contributed by atoms with Crippen molar-refractivity contribution < 1.29 is 0 Å². The summed E-state index contributed by atoms with van der Waals surface area (Å²) in [5, 5.41) is 3.44. The Morgan fingerprint density at radius 2 is 1.95 bits per heavy atom. The highest BCUT2D eigenvalue weighted by atomic mass is 15.2. The zero-order valence-corrected chi connectivity index (χ0v) is 12.7. The van der Waals surface area contributed by atoms with Gasteiger partial charge in [0.15, 0.2) is 0 Å². The van der Waals surface area contributed by atoms with E-state index in [-0.39, 0.29) is 0 Å². The van der Waals surface area contributed by atoms with Crippen LogP contribution in [0.3, 0.4) is 0 Å². The van der Waals surface area contributed by atoms with Crippen LogP contribution in [0.25, 0.3) is 0 Å². The van der Waals surface area contributed by atoms with E-state index < -0.39 is 0 Å². The van der Waals surface area contributed by atoms with Crippen molar-refractivity contribution in [1.82, 2.24) is 9.97 Å². The Kier molecular flexibility index (Phi) is 4.61. The Morgan fingerprint density at radius 1 is 1.21 bits per heavy atom. The fraction of sp³-hybridized carbons (Fsp3) is 0.733. The number of aromatic nitrogens is 2. The van der Waals surface area contributed by atoms with Gasteiger partial charge >= 0.3 is 0 Å². The fourth-order valence-electron chi connectivity index (χ4n) is 2.37. The van der Waals surface area contributed by atoms with Crippen LogP contribution in [0.4, 0.5) is 11.6 Å². The van der Waals surface area contributed by atoms with E-state index in [1.165, 1.54) is 18.4 Å².